The summed E-state index contributed by atoms with van der Waals surface area (Å²) < 4.78 is 31.1. The molecule has 35 heavy (non-hydrogen) atoms. The summed E-state index contributed by atoms with van der Waals surface area (Å²) in [5, 5.41) is 0.217. The van der Waals surface area contributed by atoms with Gasteiger partial charge in [-0.1, -0.05) is 73.1 Å². The minimum atomic E-state index is -2.79. The number of aromatic nitrogens is 2. The number of aryl methyl sites for hydroxylation is 1. The maximum absolute atomic E-state index is 12.4. The van der Waals surface area contributed by atoms with Crippen LogP contribution in [-0.4, -0.2) is 35.3 Å². The van der Waals surface area contributed by atoms with Crippen molar-refractivity contribution in [1.29, 1.82) is 0 Å². The van der Waals surface area contributed by atoms with Crippen molar-refractivity contribution in [3.8, 4) is 22.7 Å². The number of hydrogen-bond acceptors (Lipinski definition) is 5. The summed E-state index contributed by atoms with van der Waals surface area (Å²) in [7, 11) is 0. The number of carbonyl (C=O) groups excluding carboxylic acids is 1. The van der Waals surface area contributed by atoms with Gasteiger partial charge in [-0.3, -0.25) is 4.21 Å². The summed E-state index contributed by atoms with van der Waals surface area (Å²) in [6.45, 7) is 1.99. The largest absolute Gasteiger partial charge is 0.755 e. The third-order valence-electron chi connectivity index (χ3n) is 5.40. The molecule has 1 amide bonds. The topological polar surface area (TPSA) is 87.5 Å². The van der Waals surface area contributed by atoms with E-state index in [9.17, 15) is 13.6 Å². The molecule has 0 saturated heterocycles. The lowest BCUT2D eigenvalue weighted by atomic mass is 10.1. The smallest absolute Gasteiger partial charge is 0.426 e. The van der Waals surface area contributed by atoms with Crippen LogP contribution in [0, 0.1) is 0 Å². The van der Waals surface area contributed by atoms with Crippen LogP contribution in [-0.2, 0) is 24.1 Å². The summed E-state index contributed by atoms with van der Waals surface area (Å²) in [4.78, 5) is 17.2. The molecule has 0 radical (unpaired) electrons. The predicted molar refractivity (Wildman–Crippen MR) is 135 cm³/mol. The molecular formula is C26H23ClN3O4S-. The molecule has 7 nitrogen and oxygen atoms in total. The Morgan fingerprint density at radius 3 is 2.40 bits per heavy atom. The van der Waals surface area contributed by atoms with E-state index in [4.69, 9.17) is 21.3 Å². The van der Waals surface area contributed by atoms with E-state index in [0.29, 0.717) is 10.7 Å². The number of nitrogens with zero attached hydrogens (tertiary/aromatic N) is 3. The van der Waals surface area contributed by atoms with Crippen LogP contribution in [0.15, 0.2) is 85.1 Å². The molecule has 3 aromatic carbocycles. The molecule has 1 heterocycles. The van der Waals surface area contributed by atoms with Gasteiger partial charge in [-0.05, 0) is 36.2 Å². The SMILES string of the molecule is CCc1nc(-c2ccccc2)cn1-c1ccc(CCN(C(=O)Oc2ccccc2Cl)S(=O)[O-])cc1. The van der Waals surface area contributed by atoms with Crippen molar-refractivity contribution in [2.45, 2.75) is 19.8 Å². The van der Waals surface area contributed by atoms with Crippen LogP contribution in [0.1, 0.15) is 18.3 Å². The molecule has 0 fully saturated rings. The zero-order valence-corrected chi connectivity index (χ0v) is 20.5. The Hall–Kier alpha value is -3.46. The van der Waals surface area contributed by atoms with Gasteiger partial charge in [0.1, 0.15) is 5.82 Å². The number of para-hydroxylation sites is 1. The van der Waals surface area contributed by atoms with Crippen molar-refractivity contribution in [2.24, 2.45) is 0 Å². The summed E-state index contributed by atoms with van der Waals surface area (Å²) in [6.07, 6.45) is 2.09. The molecule has 9 heteroatoms. The first-order chi connectivity index (χ1) is 17.0. The highest BCUT2D eigenvalue weighted by Gasteiger charge is 2.18. The van der Waals surface area contributed by atoms with Crippen LogP contribution in [0.3, 0.4) is 0 Å². The molecule has 1 atom stereocenters. The molecule has 4 aromatic rings. The van der Waals surface area contributed by atoms with Crippen LogP contribution < -0.4 is 4.74 Å². The molecule has 0 N–H and O–H groups in total. The Labute approximate surface area is 211 Å². The molecule has 0 spiro atoms. The first-order valence-electron chi connectivity index (χ1n) is 11.0. The predicted octanol–water partition coefficient (Wildman–Crippen LogP) is 5.59. The van der Waals surface area contributed by atoms with Crippen molar-refractivity contribution in [3.63, 3.8) is 0 Å². The van der Waals surface area contributed by atoms with Crippen molar-refractivity contribution < 1.29 is 18.3 Å². The Morgan fingerprint density at radius 2 is 1.74 bits per heavy atom. The minimum Gasteiger partial charge on any atom is -0.755 e. The van der Waals surface area contributed by atoms with E-state index in [0.717, 1.165) is 34.8 Å². The summed E-state index contributed by atoms with van der Waals surface area (Å²) >= 11 is 3.20. The molecule has 0 aliphatic rings. The fourth-order valence-electron chi connectivity index (χ4n) is 3.59. The van der Waals surface area contributed by atoms with Crippen LogP contribution in [0.25, 0.3) is 16.9 Å². The minimum absolute atomic E-state index is 0.0673. The van der Waals surface area contributed by atoms with E-state index >= 15 is 0 Å². The monoisotopic (exact) mass is 508 g/mol. The Balaban J connectivity index is 1.45. The highest BCUT2D eigenvalue weighted by molar-refractivity contribution is 7.77. The van der Waals surface area contributed by atoms with Gasteiger partial charge in [0.25, 0.3) is 0 Å². The van der Waals surface area contributed by atoms with E-state index in [2.05, 4.69) is 6.92 Å². The average molecular weight is 509 g/mol. The van der Waals surface area contributed by atoms with Gasteiger partial charge in [-0.25, -0.2) is 14.1 Å². The first kappa shape index (κ1) is 24.7. The summed E-state index contributed by atoms with van der Waals surface area (Å²) in [5.74, 6) is 1.03. The lowest BCUT2D eigenvalue weighted by Crippen LogP contribution is -2.36. The highest BCUT2D eigenvalue weighted by Crippen LogP contribution is 2.24. The molecule has 0 aliphatic heterocycles. The number of ether oxygens (including phenoxy) is 1. The van der Waals surface area contributed by atoms with E-state index in [1.165, 1.54) is 6.07 Å². The van der Waals surface area contributed by atoms with Crippen LogP contribution >= 0.6 is 11.6 Å². The Bertz CT molecular complexity index is 1330. The zero-order valence-electron chi connectivity index (χ0n) is 19.0. The third kappa shape index (κ3) is 5.97. The van der Waals surface area contributed by atoms with E-state index in [1.807, 2.05) is 65.4 Å². The average Bonchev–Trinajstić information content (AvgIpc) is 3.31. The maximum Gasteiger partial charge on any atom is 0.426 e. The Morgan fingerprint density at radius 1 is 1.06 bits per heavy atom. The second kappa shape index (κ2) is 11.3. The van der Waals surface area contributed by atoms with Crippen molar-refractivity contribution >= 4 is 29.0 Å². The van der Waals surface area contributed by atoms with Gasteiger partial charge in [0.2, 0.25) is 0 Å². The van der Waals surface area contributed by atoms with E-state index in [-0.39, 0.29) is 17.3 Å². The van der Waals surface area contributed by atoms with Crippen molar-refractivity contribution in [2.75, 3.05) is 6.54 Å². The zero-order chi connectivity index (χ0) is 24.8. The molecule has 1 aromatic heterocycles. The quantitative estimate of drug-likeness (QED) is 0.289. The van der Waals surface area contributed by atoms with Gasteiger partial charge < -0.3 is 13.9 Å². The normalized spacial score (nSPS) is 11.7. The van der Waals surface area contributed by atoms with Gasteiger partial charge in [0, 0.05) is 30.4 Å². The molecule has 1 unspecified atom stereocenters. The number of amides is 1. The molecule has 4 rings (SSSR count). The van der Waals surface area contributed by atoms with Gasteiger partial charge in [0.15, 0.2) is 5.75 Å². The van der Waals surface area contributed by atoms with Crippen LogP contribution in [0.2, 0.25) is 5.02 Å². The Kier molecular flexibility index (Phi) is 7.97. The summed E-state index contributed by atoms with van der Waals surface area (Å²) in [6, 6.07) is 24.1. The third-order valence-corrected chi connectivity index (χ3v) is 6.40. The summed E-state index contributed by atoms with van der Waals surface area (Å²) in [5.41, 5.74) is 3.77. The fraction of sp³-hybridized carbons (Fsp3) is 0.154. The molecule has 0 bridgehead atoms. The number of rotatable bonds is 8. The maximum atomic E-state index is 12.4. The first-order valence-corrected chi connectivity index (χ1v) is 12.4. The highest BCUT2D eigenvalue weighted by atomic mass is 35.5. The fourth-order valence-corrected chi connectivity index (χ4v) is 4.17. The van der Waals surface area contributed by atoms with E-state index in [1.54, 1.807) is 18.2 Å². The van der Waals surface area contributed by atoms with Crippen molar-refractivity contribution in [3.05, 3.63) is 101 Å². The lowest BCUT2D eigenvalue weighted by molar-refractivity contribution is 0.178. The number of carbonyl (C=O) groups is 1. The van der Waals surface area contributed by atoms with Crippen molar-refractivity contribution in [1.82, 2.24) is 13.9 Å². The number of hydrogen-bond donors (Lipinski definition) is 0. The molecule has 0 aliphatic carbocycles. The van der Waals surface area contributed by atoms with Gasteiger partial charge in [-0.15, -0.1) is 0 Å². The number of imidazole rings is 1. The second-order valence-corrected chi connectivity index (χ2v) is 8.95. The van der Waals surface area contributed by atoms with Crippen LogP contribution in [0.5, 0.6) is 5.75 Å². The second-order valence-electron chi connectivity index (χ2n) is 7.67. The van der Waals surface area contributed by atoms with Crippen LogP contribution in [0.4, 0.5) is 4.79 Å². The van der Waals surface area contributed by atoms with E-state index < -0.39 is 17.4 Å². The number of benzene rings is 3. The van der Waals surface area contributed by atoms with Gasteiger partial charge in [-0.2, -0.15) is 0 Å². The van der Waals surface area contributed by atoms with Gasteiger partial charge >= 0.3 is 6.09 Å². The number of halogens is 1. The van der Waals surface area contributed by atoms with Gasteiger partial charge in [0.05, 0.1) is 22.0 Å². The lowest BCUT2D eigenvalue weighted by Gasteiger charge is -2.23. The molecule has 180 valence electrons. The standard InChI is InChI=1S/C26H24ClN3O4S/c1-2-25-28-23(20-8-4-3-5-9-20)18-29(25)21-14-12-19(13-15-21)16-17-30(35(32)33)26(31)34-24-11-7-6-10-22(24)27/h3-15,18H,2,16-17H2,1H3,(H,32,33)/p-1. The molecule has 0 saturated carbocycles. The molecular weight excluding hydrogens is 486 g/mol.